The number of ether oxygens (including phenoxy) is 2. The van der Waals surface area contributed by atoms with Crippen LogP contribution in [0.15, 0.2) is 24.5 Å². The van der Waals surface area contributed by atoms with Crippen molar-refractivity contribution in [2.45, 2.75) is 6.10 Å². The van der Waals surface area contributed by atoms with Crippen molar-refractivity contribution < 1.29 is 14.6 Å². The molecule has 0 radical (unpaired) electrons. The van der Waals surface area contributed by atoms with Crippen LogP contribution in [-0.4, -0.2) is 34.3 Å². The monoisotopic (exact) mass is 281 g/mol. The summed E-state index contributed by atoms with van der Waals surface area (Å²) in [6.07, 6.45) is 1.91. The number of halogens is 1. The number of aromatic nitrogens is 3. The van der Waals surface area contributed by atoms with Gasteiger partial charge >= 0.3 is 0 Å². The molecule has 0 aliphatic rings. The maximum Gasteiger partial charge on any atom is 0.241 e. The minimum atomic E-state index is -1.01. The quantitative estimate of drug-likeness (QED) is 0.858. The maximum atomic E-state index is 10.3. The second kappa shape index (κ2) is 5.81. The van der Waals surface area contributed by atoms with Gasteiger partial charge in [-0.15, -0.1) is 0 Å². The zero-order chi connectivity index (χ0) is 13.8. The van der Waals surface area contributed by atoms with E-state index in [2.05, 4.69) is 15.0 Å². The Balaban J connectivity index is 2.40. The summed E-state index contributed by atoms with van der Waals surface area (Å²) in [7, 11) is 2.92. The van der Waals surface area contributed by atoms with E-state index in [1.165, 1.54) is 26.6 Å². The van der Waals surface area contributed by atoms with Crippen molar-refractivity contribution in [3.05, 3.63) is 40.9 Å². The molecule has 7 heteroatoms. The van der Waals surface area contributed by atoms with Gasteiger partial charge in [0.05, 0.1) is 20.4 Å². The first-order valence-corrected chi connectivity index (χ1v) is 5.78. The second-order valence-corrected chi connectivity index (χ2v) is 4.01. The van der Waals surface area contributed by atoms with E-state index in [4.69, 9.17) is 21.1 Å². The summed E-state index contributed by atoms with van der Waals surface area (Å²) in [4.78, 5) is 12.0. The number of methoxy groups -OCH3 is 2. The van der Waals surface area contributed by atoms with Crippen LogP contribution in [0.5, 0.6) is 11.8 Å². The number of aliphatic hydroxyl groups is 1. The molecule has 0 aromatic carbocycles. The van der Waals surface area contributed by atoms with Gasteiger partial charge in [-0.3, -0.25) is 0 Å². The van der Waals surface area contributed by atoms with Gasteiger partial charge in [0, 0.05) is 6.20 Å². The molecular weight excluding hydrogens is 270 g/mol. The third-order valence-corrected chi connectivity index (χ3v) is 2.68. The smallest absolute Gasteiger partial charge is 0.241 e. The Morgan fingerprint density at radius 2 is 2.05 bits per heavy atom. The highest BCUT2D eigenvalue weighted by atomic mass is 35.5. The Morgan fingerprint density at radius 3 is 2.68 bits per heavy atom. The third-order valence-electron chi connectivity index (χ3n) is 2.47. The summed E-state index contributed by atoms with van der Waals surface area (Å²) in [5.41, 5.74) is 0.836. The normalized spacial score (nSPS) is 12.0. The van der Waals surface area contributed by atoms with E-state index in [1.807, 2.05) is 0 Å². The van der Waals surface area contributed by atoms with Crippen molar-refractivity contribution in [2.24, 2.45) is 0 Å². The zero-order valence-electron chi connectivity index (χ0n) is 10.4. The first-order valence-electron chi connectivity index (χ1n) is 5.40. The average Bonchev–Trinajstić information content (AvgIpc) is 2.45. The number of hydrogen-bond donors (Lipinski definition) is 1. The van der Waals surface area contributed by atoms with Crippen molar-refractivity contribution in [3.8, 4) is 11.8 Å². The molecule has 0 saturated carbocycles. The van der Waals surface area contributed by atoms with Crippen molar-refractivity contribution >= 4 is 11.6 Å². The number of aliphatic hydroxyl groups excluding tert-OH is 1. The molecule has 100 valence electrons. The van der Waals surface area contributed by atoms with Crippen LogP contribution in [-0.2, 0) is 0 Å². The first-order chi connectivity index (χ1) is 9.15. The van der Waals surface area contributed by atoms with Crippen molar-refractivity contribution in [3.63, 3.8) is 0 Å². The fraction of sp³-hybridized carbons (Fsp3) is 0.250. The predicted molar refractivity (Wildman–Crippen MR) is 68.4 cm³/mol. The van der Waals surface area contributed by atoms with Gasteiger partial charge in [-0.25, -0.2) is 9.97 Å². The molecule has 0 bridgehead atoms. The topological polar surface area (TPSA) is 77.4 Å². The summed E-state index contributed by atoms with van der Waals surface area (Å²) in [6.45, 7) is 0. The molecule has 0 amide bonds. The number of pyridine rings is 1. The molecule has 0 spiro atoms. The highest BCUT2D eigenvalue weighted by molar-refractivity contribution is 6.29. The van der Waals surface area contributed by atoms with Crippen LogP contribution < -0.4 is 9.47 Å². The van der Waals surface area contributed by atoms with Gasteiger partial charge in [0.2, 0.25) is 11.8 Å². The molecule has 2 rings (SSSR count). The Morgan fingerprint density at radius 1 is 1.26 bits per heavy atom. The summed E-state index contributed by atoms with van der Waals surface area (Å²) in [5, 5.41) is 10.6. The van der Waals surface area contributed by atoms with Crippen LogP contribution >= 0.6 is 11.6 Å². The van der Waals surface area contributed by atoms with Gasteiger partial charge in [0.1, 0.15) is 17.0 Å². The molecule has 0 aliphatic heterocycles. The molecule has 0 fully saturated rings. The predicted octanol–water partition coefficient (Wildman–Crippen LogP) is 1.62. The van der Waals surface area contributed by atoms with Gasteiger partial charge in [-0.1, -0.05) is 11.6 Å². The zero-order valence-corrected chi connectivity index (χ0v) is 11.1. The van der Waals surface area contributed by atoms with E-state index in [0.29, 0.717) is 11.4 Å². The van der Waals surface area contributed by atoms with Crippen molar-refractivity contribution in [2.75, 3.05) is 14.2 Å². The molecule has 2 aromatic heterocycles. The Hall–Kier alpha value is -1.92. The summed E-state index contributed by atoms with van der Waals surface area (Å²) in [6, 6.07) is 3.19. The van der Waals surface area contributed by atoms with E-state index in [1.54, 1.807) is 12.1 Å². The summed E-state index contributed by atoms with van der Waals surface area (Å²) < 4.78 is 10.0. The molecule has 1 unspecified atom stereocenters. The van der Waals surface area contributed by atoms with Crippen LogP contribution in [0.3, 0.4) is 0 Å². The Kier molecular flexibility index (Phi) is 4.13. The highest BCUT2D eigenvalue weighted by Crippen LogP contribution is 2.28. The molecule has 2 aromatic rings. The SMILES string of the molecule is COc1cnc(C(O)c2ccnc(Cl)c2)c(OC)n1. The molecule has 1 atom stereocenters. The minimum absolute atomic E-state index is 0.194. The van der Waals surface area contributed by atoms with Crippen molar-refractivity contribution in [1.82, 2.24) is 15.0 Å². The van der Waals surface area contributed by atoms with E-state index in [-0.39, 0.29) is 16.7 Å². The molecule has 0 aliphatic carbocycles. The molecule has 2 heterocycles. The lowest BCUT2D eigenvalue weighted by Crippen LogP contribution is -2.07. The largest absolute Gasteiger partial charge is 0.480 e. The molecule has 1 N–H and O–H groups in total. The van der Waals surface area contributed by atoms with E-state index in [9.17, 15) is 5.11 Å². The summed E-state index contributed by atoms with van der Waals surface area (Å²) in [5.74, 6) is 0.500. The van der Waals surface area contributed by atoms with Crippen LogP contribution in [0.1, 0.15) is 17.4 Å². The van der Waals surface area contributed by atoms with E-state index >= 15 is 0 Å². The van der Waals surface area contributed by atoms with E-state index < -0.39 is 6.10 Å². The number of rotatable bonds is 4. The summed E-state index contributed by atoms with van der Waals surface area (Å²) >= 11 is 5.79. The highest BCUT2D eigenvalue weighted by Gasteiger charge is 2.19. The molecule has 19 heavy (non-hydrogen) atoms. The average molecular weight is 282 g/mol. The lowest BCUT2D eigenvalue weighted by Gasteiger charge is -2.13. The van der Waals surface area contributed by atoms with Gasteiger partial charge in [0.15, 0.2) is 0 Å². The van der Waals surface area contributed by atoms with Gasteiger partial charge in [-0.2, -0.15) is 4.98 Å². The maximum absolute atomic E-state index is 10.3. The first kappa shape index (κ1) is 13.5. The van der Waals surface area contributed by atoms with Gasteiger partial charge in [-0.05, 0) is 17.7 Å². The lowest BCUT2D eigenvalue weighted by molar-refractivity contribution is 0.206. The fourth-order valence-electron chi connectivity index (χ4n) is 1.55. The minimum Gasteiger partial charge on any atom is -0.480 e. The second-order valence-electron chi connectivity index (χ2n) is 3.62. The molecule has 6 nitrogen and oxygen atoms in total. The Bertz CT molecular complexity index is 580. The lowest BCUT2D eigenvalue weighted by atomic mass is 10.1. The van der Waals surface area contributed by atoms with Crippen LogP contribution in [0.4, 0.5) is 0 Å². The Labute approximate surface area is 115 Å². The fourth-order valence-corrected chi connectivity index (χ4v) is 1.73. The van der Waals surface area contributed by atoms with E-state index in [0.717, 1.165) is 0 Å². The molecular formula is C12H12ClN3O3. The number of hydrogen-bond acceptors (Lipinski definition) is 6. The molecule has 0 saturated heterocycles. The van der Waals surface area contributed by atoms with Crippen LogP contribution in [0, 0.1) is 0 Å². The van der Waals surface area contributed by atoms with Gasteiger partial charge < -0.3 is 14.6 Å². The van der Waals surface area contributed by atoms with Crippen molar-refractivity contribution in [1.29, 1.82) is 0 Å². The van der Waals surface area contributed by atoms with Gasteiger partial charge in [0.25, 0.3) is 0 Å². The van der Waals surface area contributed by atoms with Crippen LogP contribution in [0.2, 0.25) is 5.15 Å². The third kappa shape index (κ3) is 2.91. The number of nitrogens with zero attached hydrogens (tertiary/aromatic N) is 3. The standard InChI is InChI=1S/C12H12ClN3O3/c1-18-9-6-15-10(12(16-9)19-2)11(17)7-3-4-14-8(13)5-7/h3-6,11,17H,1-2H3. The van der Waals surface area contributed by atoms with Crippen LogP contribution in [0.25, 0.3) is 0 Å².